The lowest BCUT2D eigenvalue weighted by Gasteiger charge is -2.29. The normalized spacial score (nSPS) is 20.6. The van der Waals surface area contributed by atoms with Crippen LogP contribution in [-0.2, 0) is 30.8 Å². The van der Waals surface area contributed by atoms with Crippen LogP contribution >= 0.6 is 0 Å². The molecule has 0 saturated carbocycles. The zero-order valence-corrected chi connectivity index (χ0v) is 16.0. The predicted octanol–water partition coefficient (Wildman–Crippen LogP) is 3.85. The number of oxime groups is 1. The Bertz CT molecular complexity index is 919. The van der Waals surface area contributed by atoms with Crippen LogP contribution in [0.3, 0.4) is 0 Å². The summed E-state index contributed by atoms with van der Waals surface area (Å²) in [5.74, 6) is 0.421. The highest BCUT2D eigenvalue weighted by atomic mass is 16.6. The van der Waals surface area contributed by atoms with E-state index in [0.29, 0.717) is 5.92 Å². The predicted molar refractivity (Wildman–Crippen MR) is 108 cm³/mol. The molecule has 0 aliphatic carbocycles. The van der Waals surface area contributed by atoms with Crippen LogP contribution in [0.25, 0.3) is 10.9 Å². The molecule has 4 heteroatoms. The Morgan fingerprint density at radius 2 is 2.23 bits per heavy atom. The molecule has 2 aliphatic heterocycles. The van der Waals surface area contributed by atoms with Gasteiger partial charge in [-0.3, -0.25) is 0 Å². The van der Waals surface area contributed by atoms with Crippen LogP contribution in [0.1, 0.15) is 22.4 Å². The molecule has 0 fully saturated rings. The molecule has 0 saturated heterocycles. The number of allylic oxidation sites excluding steroid dienone is 3. The van der Waals surface area contributed by atoms with E-state index in [0.717, 1.165) is 32.5 Å². The van der Waals surface area contributed by atoms with E-state index in [4.69, 9.17) is 4.84 Å². The molecule has 2 aliphatic rings. The fourth-order valence-electron chi connectivity index (χ4n) is 4.64. The zero-order valence-electron chi connectivity index (χ0n) is 16.0. The first kappa shape index (κ1) is 17.1. The highest BCUT2D eigenvalue weighted by molar-refractivity contribution is 5.90. The maximum absolute atomic E-state index is 4.80. The highest BCUT2D eigenvalue weighted by Crippen LogP contribution is 2.39. The van der Waals surface area contributed by atoms with Gasteiger partial charge in [-0.1, -0.05) is 29.4 Å². The lowest BCUT2D eigenvalue weighted by Crippen LogP contribution is -2.29. The van der Waals surface area contributed by atoms with E-state index in [1.165, 1.54) is 38.9 Å². The van der Waals surface area contributed by atoms with E-state index in [2.05, 4.69) is 47.3 Å². The van der Waals surface area contributed by atoms with Gasteiger partial charge in [-0.2, -0.15) is 0 Å². The summed E-state index contributed by atoms with van der Waals surface area (Å²) in [6.45, 7) is 9.45. The van der Waals surface area contributed by atoms with Gasteiger partial charge in [-0.05, 0) is 49.2 Å². The quantitative estimate of drug-likeness (QED) is 0.477. The van der Waals surface area contributed by atoms with Crippen LogP contribution in [0.15, 0.2) is 41.6 Å². The second-order valence-electron chi connectivity index (χ2n) is 7.55. The van der Waals surface area contributed by atoms with Crippen molar-refractivity contribution in [3.63, 3.8) is 0 Å². The van der Waals surface area contributed by atoms with Crippen LogP contribution in [0.5, 0.6) is 0 Å². The van der Waals surface area contributed by atoms with Gasteiger partial charge in [0.1, 0.15) is 7.11 Å². The van der Waals surface area contributed by atoms with Crippen LogP contribution in [0.4, 0.5) is 0 Å². The maximum atomic E-state index is 4.80. The van der Waals surface area contributed by atoms with E-state index >= 15 is 0 Å². The molecule has 26 heavy (non-hydrogen) atoms. The average Bonchev–Trinajstić information content (AvgIpc) is 2.92. The van der Waals surface area contributed by atoms with Crippen molar-refractivity contribution in [2.45, 2.75) is 32.9 Å². The fraction of sp³-hybridized carbons (Fsp3) is 0.409. The van der Waals surface area contributed by atoms with E-state index in [9.17, 15) is 0 Å². The average molecular weight is 349 g/mol. The van der Waals surface area contributed by atoms with Crippen molar-refractivity contribution in [2.24, 2.45) is 11.1 Å². The van der Waals surface area contributed by atoms with Crippen LogP contribution < -0.4 is 0 Å². The number of likely N-dealkylation sites (N-methyl/N-ethyl adjacent to an activating group) is 1. The van der Waals surface area contributed by atoms with Gasteiger partial charge >= 0.3 is 0 Å². The number of aryl methyl sites for hydroxylation is 1. The Hall–Kier alpha value is -2.33. The van der Waals surface area contributed by atoms with E-state index < -0.39 is 0 Å². The molecule has 2 aromatic rings. The summed E-state index contributed by atoms with van der Waals surface area (Å²) in [5, 5.41) is 5.32. The molecule has 4 nitrogen and oxygen atoms in total. The molecule has 1 atom stereocenters. The monoisotopic (exact) mass is 349 g/mol. The maximum Gasteiger partial charge on any atom is 0.106 e. The summed E-state index contributed by atoms with van der Waals surface area (Å²) in [6, 6.07) is 4.74. The minimum absolute atomic E-state index is 0.421. The van der Waals surface area contributed by atoms with Crippen molar-refractivity contribution in [3.05, 3.63) is 58.8 Å². The molecular weight excluding hydrogens is 322 g/mol. The zero-order chi connectivity index (χ0) is 18.3. The SMILES string of the molecule is C=C/C(=C\C=N\OC)C1Cc2cc(C)cc3c4c(n(c23)C1)CCN(C)C4. The van der Waals surface area contributed by atoms with Gasteiger partial charge in [0.25, 0.3) is 0 Å². The van der Waals surface area contributed by atoms with Crippen molar-refractivity contribution in [2.75, 3.05) is 20.7 Å². The fourth-order valence-corrected chi connectivity index (χ4v) is 4.64. The van der Waals surface area contributed by atoms with Gasteiger partial charge in [-0.25, -0.2) is 0 Å². The standard InChI is InChI=1S/C22H27N3O/c1-5-16(6-8-23-26-4)18-12-17-10-15(2)11-19-20-14-24(3)9-7-21(20)25(13-18)22(17)19/h5-6,8,10-11,18H,1,7,9,12-14H2,2-4H3/b16-6+,23-8+. The number of nitrogens with zero attached hydrogens (tertiary/aromatic N) is 3. The molecule has 0 N–H and O–H groups in total. The van der Waals surface area contributed by atoms with Crippen molar-refractivity contribution >= 4 is 17.1 Å². The second-order valence-corrected chi connectivity index (χ2v) is 7.55. The van der Waals surface area contributed by atoms with Gasteiger partial charge in [-0.15, -0.1) is 0 Å². The highest BCUT2D eigenvalue weighted by Gasteiger charge is 2.29. The Labute approximate surface area is 155 Å². The molecule has 1 aromatic carbocycles. The minimum atomic E-state index is 0.421. The van der Waals surface area contributed by atoms with E-state index in [1.807, 2.05) is 12.2 Å². The number of aromatic nitrogens is 1. The number of rotatable bonds is 4. The molecule has 0 bridgehead atoms. The van der Waals surface area contributed by atoms with Gasteiger partial charge in [0.2, 0.25) is 0 Å². The number of hydrogen-bond donors (Lipinski definition) is 0. The van der Waals surface area contributed by atoms with Crippen LogP contribution in [0.2, 0.25) is 0 Å². The van der Waals surface area contributed by atoms with Crippen molar-refractivity contribution in [1.82, 2.24) is 9.47 Å². The summed E-state index contributed by atoms with van der Waals surface area (Å²) in [5.41, 5.74) is 8.56. The van der Waals surface area contributed by atoms with Crippen molar-refractivity contribution in [1.29, 1.82) is 0 Å². The smallest absolute Gasteiger partial charge is 0.106 e. The summed E-state index contributed by atoms with van der Waals surface area (Å²) >= 11 is 0. The molecule has 136 valence electrons. The number of hydrogen-bond acceptors (Lipinski definition) is 3. The Morgan fingerprint density at radius 3 is 3.00 bits per heavy atom. The topological polar surface area (TPSA) is 29.8 Å². The molecular formula is C22H27N3O. The largest absolute Gasteiger partial charge is 0.399 e. The van der Waals surface area contributed by atoms with Gasteiger partial charge in [0, 0.05) is 43.1 Å². The molecule has 4 rings (SSSR count). The van der Waals surface area contributed by atoms with Crippen molar-refractivity contribution < 1.29 is 4.84 Å². The third-order valence-corrected chi connectivity index (χ3v) is 5.77. The molecule has 1 aromatic heterocycles. The number of fused-ring (bicyclic) bond motifs is 3. The molecule has 1 unspecified atom stereocenters. The summed E-state index contributed by atoms with van der Waals surface area (Å²) in [6.07, 6.45) is 7.90. The Balaban J connectivity index is 1.83. The number of benzene rings is 1. The summed E-state index contributed by atoms with van der Waals surface area (Å²) in [4.78, 5) is 7.23. The summed E-state index contributed by atoms with van der Waals surface area (Å²) in [7, 11) is 3.79. The first-order valence-corrected chi connectivity index (χ1v) is 9.33. The molecule has 0 amide bonds. The molecule has 0 spiro atoms. The van der Waals surface area contributed by atoms with Gasteiger partial charge < -0.3 is 14.3 Å². The molecule has 0 radical (unpaired) electrons. The minimum Gasteiger partial charge on any atom is -0.399 e. The summed E-state index contributed by atoms with van der Waals surface area (Å²) < 4.78 is 2.59. The van der Waals surface area contributed by atoms with Crippen molar-refractivity contribution in [3.8, 4) is 0 Å². The lowest BCUT2D eigenvalue weighted by molar-refractivity contribution is 0.215. The van der Waals surface area contributed by atoms with E-state index in [1.54, 1.807) is 13.3 Å². The Kier molecular flexibility index (Phi) is 4.45. The third-order valence-electron chi connectivity index (χ3n) is 5.77. The van der Waals surface area contributed by atoms with E-state index in [-0.39, 0.29) is 0 Å². The molecule has 3 heterocycles. The third kappa shape index (κ3) is 2.78. The van der Waals surface area contributed by atoms with Crippen LogP contribution in [0, 0.1) is 12.8 Å². The Morgan fingerprint density at radius 1 is 1.38 bits per heavy atom. The first-order chi connectivity index (χ1) is 12.6. The second kappa shape index (κ2) is 6.76. The van der Waals surface area contributed by atoms with Gasteiger partial charge in [0.05, 0.1) is 11.7 Å². The first-order valence-electron chi connectivity index (χ1n) is 9.33. The van der Waals surface area contributed by atoms with Crippen LogP contribution in [-0.4, -0.2) is 36.4 Å². The lowest BCUT2D eigenvalue weighted by atomic mass is 9.87. The van der Waals surface area contributed by atoms with Gasteiger partial charge in [0.15, 0.2) is 0 Å².